The number of rotatable bonds is 6. The highest BCUT2D eigenvalue weighted by molar-refractivity contribution is 6.02. The minimum absolute atomic E-state index is 0.0372. The van der Waals surface area contributed by atoms with Crippen LogP contribution in [-0.4, -0.2) is 29.0 Å². The molecule has 0 saturated carbocycles. The van der Waals surface area contributed by atoms with Crippen molar-refractivity contribution < 1.29 is 22.7 Å². The van der Waals surface area contributed by atoms with Crippen molar-refractivity contribution in [3.63, 3.8) is 0 Å². The van der Waals surface area contributed by atoms with Gasteiger partial charge in [-0.05, 0) is 26.3 Å². The first kappa shape index (κ1) is 21.9. The van der Waals surface area contributed by atoms with Crippen molar-refractivity contribution in [2.24, 2.45) is 0 Å². The minimum Gasteiger partial charge on any atom is -0.481 e. The molecule has 2 aromatic carbocycles. The predicted octanol–water partition coefficient (Wildman–Crippen LogP) is 5.32. The summed E-state index contributed by atoms with van der Waals surface area (Å²) in [5.41, 5.74) is 0.680. The number of hydrogen-bond acceptors (Lipinski definition) is 5. The van der Waals surface area contributed by atoms with Gasteiger partial charge in [-0.1, -0.05) is 25.1 Å². The van der Waals surface area contributed by atoms with E-state index in [4.69, 9.17) is 4.74 Å². The van der Waals surface area contributed by atoms with E-state index in [0.717, 1.165) is 12.5 Å². The van der Waals surface area contributed by atoms with Gasteiger partial charge in [-0.15, -0.1) is 0 Å². The third-order valence-electron chi connectivity index (χ3n) is 5.39. The summed E-state index contributed by atoms with van der Waals surface area (Å²) in [5, 5.41) is 3.75. The molecule has 0 spiro atoms. The van der Waals surface area contributed by atoms with E-state index >= 15 is 0 Å². The second kappa shape index (κ2) is 8.64. The van der Waals surface area contributed by atoms with Crippen LogP contribution in [0.25, 0.3) is 10.9 Å². The number of nitrogens with one attached hydrogen (secondary N) is 1. The molecular formula is C23H23F3N4O2. The highest BCUT2D eigenvalue weighted by atomic mass is 19.3. The number of benzene rings is 2. The molecule has 168 valence electrons. The molecule has 1 N–H and O–H groups in total. The molecule has 32 heavy (non-hydrogen) atoms. The average molecular weight is 444 g/mol. The van der Waals surface area contributed by atoms with Crippen molar-refractivity contribution in [3.05, 3.63) is 53.1 Å². The molecule has 3 aromatic rings. The van der Waals surface area contributed by atoms with E-state index in [1.165, 1.54) is 12.1 Å². The zero-order valence-electron chi connectivity index (χ0n) is 18.0. The number of carbonyl (C=O) groups is 1. The molecule has 9 heteroatoms. The number of halogens is 3. The van der Waals surface area contributed by atoms with Gasteiger partial charge in [0.1, 0.15) is 23.2 Å². The van der Waals surface area contributed by atoms with Crippen molar-refractivity contribution in [2.75, 3.05) is 23.4 Å². The molecule has 0 radical (unpaired) electrons. The molecule has 0 bridgehead atoms. The lowest BCUT2D eigenvalue weighted by molar-refractivity contribution is -0.121. The van der Waals surface area contributed by atoms with Crippen LogP contribution in [0.1, 0.15) is 49.7 Å². The van der Waals surface area contributed by atoms with Crippen LogP contribution in [0.5, 0.6) is 5.75 Å². The van der Waals surface area contributed by atoms with Crippen LogP contribution < -0.4 is 15.0 Å². The number of hydrogen-bond donors (Lipinski definition) is 1. The minimum atomic E-state index is -2.90. The van der Waals surface area contributed by atoms with E-state index in [2.05, 4.69) is 15.3 Å². The third kappa shape index (κ3) is 3.94. The number of ether oxygens (including phenoxy) is 1. The Hall–Kier alpha value is -3.36. The maximum Gasteiger partial charge on any atom is 0.266 e. The van der Waals surface area contributed by atoms with E-state index in [-0.39, 0.29) is 18.1 Å². The number of fused-ring (bicyclic) bond motifs is 2. The number of carbonyl (C=O) groups excluding carboxylic acids is 1. The van der Waals surface area contributed by atoms with E-state index in [1.54, 1.807) is 30.9 Å². The SMILES string of the molecule is CCCN1C(=O)COc2cc3nc(C)nc(N[C@H](C)c4cccc(C(F)F)c4F)c3cc21. The quantitative estimate of drug-likeness (QED) is 0.557. The van der Waals surface area contributed by atoms with Gasteiger partial charge in [-0.25, -0.2) is 23.1 Å². The van der Waals surface area contributed by atoms with Crippen molar-refractivity contribution in [1.82, 2.24) is 9.97 Å². The second-order valence-electron chi connectivity index (χ2n) is 7.71. The second-order valence-corrected chi connectivity index (χ2v) is 7.71. The van der Waals surface area contributed by atoms with Crippen molar-refractivity contribution in [2.45, 2.75) is 39.7 Å². The molecule has 0 unspecified atom stereocenters. The molecule has 0 fully saturated rings. The first-order valence-corrected chi connectivity index (χ1v) is 10.4. The van der Waals surface area contributed by atoms with Gasteiger partial charge in [-0.2, -0.15) is 0 Å². The van der Waals surface area contributed by atoms with Gasteiger partial charge in [0.2, 0.25) is 0 Å². The number of aromatic nitrogens is 2. The molecule has 0 aliphatic carbocycles. The maximum atomic E-state index is 14.7. The lowest BCUT2D eigenvalue weighted by atomic mass is 10.0. The Morgan fingerprint density at radius 2 is 1.97 bits per heavy atom. The predicted molar refractivity (Wildman–Crippen MR) is 116 cm³/mol. The number of alkyl halides is 2. The van der Waals surface area contributed by atoms with Crippen molar-refractivity contribution in [3.8, 4) is 5.75 Å². The van der Waals surface area contributed by atoms with E-state index in [0.29, 0.717) is 40.5 Å². The van der Waals surface area contributed by atoms with Crippen LogP contribution >= 0.6 is 0 Å². The monoisotopic (exact) mass is 444 g/mol. The smallest absolute Gasteiger partial charge is 0.266 e. The summed E-state index contributed by atoms with van der Waals surface area (Å²) in [6.45, 7) is 5.88. The summed E-state index contributed by atoms with van der Waals surface area (Å²) >= 11 is 0. The first-order valence-electron chi connectivity index (χ1n) is 10.4. The van der Waals surface area contributed by atoms with Crippen LogP contribution in [0.4, 0.5) is 24.7 Å². The molecule has 1 atom stereocenters. The zero-order chi connectivity index (χ0) is 23.0. The van der Waals surface area contributed by atoms with Gasteiger partial charge in [0, 0.05) is 23.6 Å². The van der Waals surface area contributed by atoms with E-state index in [1.807, 2.05) is 6.92 Å². The molecule has 1 aromatic heterocycles. The van der Waals surface area contributed by atoms with E-state index in [9.17, 15) is 18.0 Å². The fraction of sp³-hybridized carbons (Fsp3) is 0.348. The molecule has 6 nitrogen and oxygen atoms in total. The van der Waals surface area contributed by atoms with Crippen LogP contribution in [-0.2, 0) is 4.79 Å². The van der Waals surface area contributed by atoms with Crippen molar-refractivity contribution >= 4 is 28.3 Å². The maximum absolute atomic E-state index is 14.7. The molecular weight excluding hydrogens is 421 g/mol. The standard InChI is InChI=1S/C23H23F3N4O2/c1-4-8-30-18-9-16-17(10-19(18)32-11-20(30)31)28-13(3)29-23(16)27-12(2)14-6-5-7-15(21(14)24)22(25)26/h5-7,9-10,12,22H,4,8,11H2,1-3H3,(H,27,28,29)/t12-/m1/s1. The largest absolute Gasteiger partial charge is 0.481 e. The third-order valence-corrected chi connectivity index (χ3v) is 5.39. The average Bonchev–Trinajstić information content (AvgIpc) is 2.74. The van der Waals surface area contributed by atoms with Gasteiger partial charge in [0.25, 0.3) is 12.3 Å². The zero-order valence-corrected chi connectivity index (χ0v) is 18.0. The van der Waals surface area contributed by atoms with Gasteiger partial charge < -0.3 is 15.0 Å². The molecule has 2 heterocycles. The number of amides is 1. The molecule has 4 rings (SSSR count). The highest BCUT2D eigenvalue weighted by Crippen LogP contribution is 2.38. The molecule has 1 amide bonds. The summed E-state index contributed by atoms with van der Waals surface area (Å²) < 4.78 is 46.5. The van der Waals surface area contributed by atoms with Crippen LogP contribution in [0.3, 0.4) is 0 Å². The molecule has 1 aliphatic rings. The van der Waals surface area contributed by atoms with Gasteiger partial charge in [0.15, 0.2) is 6.61 Å². The fourth-order valence-electron chi connectivity index (χ4n) is 3.87. The first-order chi connectivity index (χ1) is 15.3. The summed E-state index contributed by atoms with van der Waals surface area (Å²) in [7, 11) is 0. The lowest BCUT2D eigenvalue weighted by Crippen LogP contribution is -2.39. The number of aryl methyl sites for hydroxylation is 1. The van der Waals surface area contributed by atoms with Crippen LogP contribution in [0.15, 0.2) is 30.3 Å². The normalized spacial score (nSPS) is 14.5. The Morgan fingerprint density at radius 1 is 1.22 bits per heavy atom. The topological polar surface area (TPSA) is 67.4 Å². The highest BCUT2D eigenvalue weighted by Gasteiger charge is 2.27. The van der Waals surface area contributed by atoms with Gasteiger partial charge in [-0.3, -0.25) is 4.79 Å². The van der Waals surface area contributed by atoms with Crippen LogP contribution in [0, 0.1) is 12.7 Å². The van der Waals surface area contributed by atoms with E-state index < -0.39 is 23.8 Å². The Kier molecular flexibility index (Phi) is 5.90. The molecule has 1 aliphatic heterocycles. The Balaban J connectivity index is 1.78. The molecule has 0 saturated heterocycles. The van der Waals surface area contributed by atoms with Gasteiger partial charge in [0.05, 0.1) is 22.8 Å². The Labute approximate surface area is 183 Å². The van der Waals surface area contributed by atoms with Crippen LogP contribution in [0.2, 0.25) is 0 Å². The Morgan fingerprint density at radius 3 is 2.69 bits per heavy atom. The Bertz CT molecular complexity index is 1190. The summed E-state index contributed by atoms with van der Waals surface area (Å²) in [4.78, 5) is 22.9. The summed E-state index contributed by atoms with van der Waals surface area (Å²) in [5.74, 6) is 0.368. The number of nitrogens with zero attached hydrogens (tertiary/aromatic N) is 3. The summed E-state index contributed by atoms with van der Waals surface area (Å²) in [6, 6.07) is 6.83. The fourth-order valence-corrected chi connectivity index (χ4v) is 3.87. The summed E-state index contributed by atoms with van der Waals surface area (Å²) in [6.07, 6.45) is -2.13. The number of anilines is 2. The lowest BCUT2D eigenvalue weighted by Gasteiger charge is -2.29. The van der Waals surface area contributed by atoms with Gasteiger partial charge >= 0.3 is 0 Å². The van der Waals surface area contributed by atoms with Crippen molar-refractivity contribution in [1.29, 1.82) is 0 Å².